The number of nitrogens with one attached hydrogen (secondary N) is 1. The first kappa shape index (κ1) is 11.9. The minimum atomic E-state index is 0.0395. The third-order valence-electron chi connectivity index (χ3n) is 3.54. The molecule has 0 aliphatic carbocycles. The summed E-state index contributed by atoms with van der Waals surface area (Å²) >= 11 is 6.31. The molecule has 1 aromatic heterocycles. The van der Waals surface area contributed by atoms with Gasteiger partial charge in [0.05, 0.1) is 22.5 Å². The molecule has 0 radical (unpaired) electrons. The summed E-state index contributed by atoms with van der Waals surface area (Å²) in [5.41, 5.74) is 1.21. The highest BCUT2D eigenvalue weighted by atomic mass is 35.5. The van der Waals surface area contributed by atoms with Gasteiger partial charge in [0.15, 0.2) is 0 Å². The molecule has 1 aromatic rings. The van der Waals surface area contributed by atoms with E-state index in [1.54, 1.807) is 6.20 Å². The highest BCUT2D eigenvalue weighted by Gasteiger charge is 2.38. The number of rotatable bonds is 3. The number of hydrogen-bond donors (Lipinski definition) is 1. The van der Waals surface area contributed by atoms with Crippen molar-refractivity contribution in [2.24, 2.45) is 0 Å². The van der Waals surface area contributed by atoms with Gasteiger partial charge >= 0.3 is 0 Å². The van der Waals surface area contributed by atoms with Crippen LogP contribution in [0, 0.1) is 0 Å². The molecule has 2 heterocycles. The van der Waals surface area contributed by atoms with Crippen molar-refractivity contribution < 1.29 is 0 Å². The van der Waals surface area contributed by atoms with Crippen molar-refractivity contribution >= 4 is 11.6 Å². The fraction of sp³-hybridized carbons (Fsp3) is 0.750. The van der Waals surface area contributed by atoms with E-state index in [9.17, 15) is 0 Å². The molecule has 16 heavy (non-hydrogen) atoms. The lowest BCUT2D eigenvalue weighted by Gasteiger charge is -2.30. The highest BCUT2D eigenvalue weighted by Crippen LogP contribution is 2.38. The molecular formula is C12H20ClN3. The number of hydrogen-bond acceptors (Lipinski definition) is 2. The van der Waals surface area contributed by atoms with E-state index < -0.39 is 0 Å². The summed E-state index contributed by atoms with van der Waals surface area (Å²) in [5.74, 6) is 0. The lowest BCUT2D eigenvalue weighted by Crippen LogP contribution is -2.38. The van der Waals surface area contributed by atoms with Gasteiger partial charge in [-0.2, -0.15) is 5.10 Å². The molecule has 0 saturated carbocycles. The second kappa shape index (κ2) is 4.38. The second-order valence-corrected chi connectivity index (χ2v) is 5.25. The zero-order valence-corrected chi connectivity index (χ0v) is 11.0. The maximum Gasteiger partial charge on any atom is 0.0837 e. The monoisotopic (exact) mass is 241 g/mol. The van der Waals surface area contributed by atoms with Crippen LogP contribution in [-0.2, 0) is 5.54 Å². The van der Waals surface area contributed by atoms with E-state index in [1.807, 2.05) is 0 Å². The van der Waals surface area contributed by atoms with Crippen LogP contribution in [0.2, 0.25) is 5.02 Å². The first-order valence-corrected chi connectivity index (χ1v) is 6.47. The van der Waals surface area contributed by atoms with Gasteiger partial charge in [0.1, 0.15) is 0 Å². The van der Waals surface area contributed by atoms with E-state index >= 15 is 0 Å². The Labute approximate surface area is 102 Å². The predicted octanol–water partition coefficient (Wildman–Crippen LogP) is 3.11. The molecule has 0 amide bonds. The Morgan fingerprint density at radius 1 is 1.62 bits per heavy atom. The molecular weight excluding hydrogens is 222 g/mol. The Balaban J connectivity index is 2.48. The lowest BCUT2D eigenvalue weighted by atomic mass is 9.90. The van der Waals surface area contributed by atoms with Gasteiger partial charge in [0.25, 0.3) is 0 Å². The average molecular weight is 242 g/mol. The number of aromatic nitrogens is 2. The van der Waals surface area contributed by atoms with Gasteiger partial charge in [-0.15, -0.1) is 0 Å². The fourth-order valence-electron chi connectivity index (χ4n) is 2.66. The van der Waals surface area contributed by atoms with Gasteiger partial charge in [0, 0.05) is 6.04 Å². The summed E-state index contributed by atoms with van der Waals surface area (Å²) in [7, 11) is 0. The smallest absolute Gasteiger partial charge is 0.0837 e. The van der Waals surface area contributed by atoms with Crippen molar-refractivity contribution in [1.29, 1.82) is 0 Å². The largest absolute Gasteiger partial charge is 0.306 e. The Hall–Kier alpha value is -0.540. The van der Waals surface area contributed by atoms with Crippen molar-refractivity contribution in [3.05, 3.63) is 16.9 Å². The molecule has 1 atom stereocenters. The van der Waals surface area contributed by atoms with Crippen LogP contribution in [0.1, 0.15) is 51.8 Å². The Kier molecular flexibility index (Phi) is 3.27. The van der Waals surface area contributed by atoms with Crippen LogP contribution in [0.25, 0.3) is 0 Å². The van der Waals surface area contributed by atoms with Crippen molar-refractivity contribution in [2.75, 3.05) is 6.54 Å². The molecule has 1 N–H and O–H groups in total. The predicted molar refractivity (Wildman–Crippen MR) is 66.8 cm³/mol. The van der Waals surface area contributed by atoms with E-state index in [0.717, 1.165) is 24.4 Å². The molecule has 1 unspecified atom stereocenters. The van der Waals surface area contributed by atoms with E-state index in [-0.39, 0.29) is 5.54 Å². The van der Waals surface area contributed by atoms with Gasteiger partial charge in [-0.05, 0) is 39.7 Å². The molecule has 4 heteroatoms. The first-order chi connectivity index (χ1) is 7.60. The molecule has 1 fully saturated rings. The minimum Gasteiger partial charge on any atom is -0.306 e. The quantitative estimate of drug-likeness (QED) is 0.881. The summed E-state index contributed by atoms with van der Waals surface area (Å²) in [5, 5.41) is 8.81. The summed E-state index contributed by atoms with van der Waals surface area (Å²) in [6.07, 6.45) is 5.20. The summed E-state index contributed by atoms with van der Waals surface area (Å²) in [6.45, 7) is 7.58. The van der Waals surface area contributed by atoms with Gasteiger partial charge in [0.2, 0.25) is 0 Å². The lowest BCUT2D eigenvalue weighted by molar-refractivity contribution is 0.330. The Morgan fingerprint density at radius 2 is 2.38 bits per heavy atom. The molecule has 0 aromatic carbocycles. The van der Waals surface area contributed by atoms with Crippen LogP contribution in [0.4, 0.5) is 0 Å². The Bertz CT molecular complexity index is 364. The normalized spacial score (nSPS) is 25.6. The molecule has 1 aliphatic rings. The molecule has 90 valence electrons. The van der Waals surface area contributed by atoms with Crippen molar-refractivity contribution in [3.8, 4) is 0 Å². The zero-order chi connectivity index (χ0) is 11.8. The van der Waals surface area contributed by atoms with E-state index in [1.165, 1.54) is 12.1 Å². The highest BCUT2D eigenvalue weighted by molar-refractivity contribution is 6.31. The Morgan fingerprint density at radius 3 is 2.88 bits per heavy atom. The minimum absolute atomic E-state index is 0.0395. The van der Waals surface area contributed by atoms with Crippen LogP contribution in [-0.4, -0.2) is 16.3 Å². The zero-order valence-electron chi connectivity index (χ0n) is 10.3. The van der Waals surface area contributed by atoms with Crippen molar-refractivity contribution in [3.63, 3.8) is 0 Å². The number of halogens is 1. The van der Waals surface area contributed by atoms with Crippen LogP contribution in [0.3, 0.4) is 0 Å². The fourth-order valence-corrected chi connectivity index (χ4v) is 2.97. The topological polar surface area (TPSA) is 29.9 Å². The molecule has 1 aliphatic heterocycles. The maximum absolute atomic E-state index is 6.31. The summed E-state index contributed by atoms with van der Waals surface area (Å²) < 4.78 is 2.06. The van der Waals surface area contributed by atoms with Gasteiger partial charge in [-0.1, -0.05) is 18.5 Å². The second-order valence-electron chi connectivity index (χ2n) is 4.85. The summed E-state index contributed by atoms with van der Waals surface area (Å²) in [4.78, 5) is 0. The SMILES string of the molecule is CCC1(c2c(Cl)cnn2C(C)C)CCCN1. The number of nitrogens with zero attached hydrogens (tertiary/aromatic N) is 2. The summed E-state index contributed by atoms with van der Waals surface area (Å²) in [6, 6.07) is 0.355. The third kappa shape index (κ3) is 1.76. The van der Waals surface area contributed by atoms with E-state index in [0.29, 0.717) is 6.04 Å². The van der Waals surface area contributed by atoms with Gasteiger partial charge in [-0.25, -0.2) is 0 Å². The van der Waals surface area contributed by atoms with Crippen LogP contribution in [0.5, 0.6) is 0 Å². The van der Waals surface area contributed by atoms with Crippen LogP contribution < -0.4 is 5.32 Å². The first-order valence-electron chi connectivity index (χ1n) is 6.09. The van der Waals surface area contributed by atoms with Crippen LogP contribution in [0.15, 0.2) is 6.20 Å². The molecule has 0 spiro atoms. The molecule has 0 bridgehead atoms. The average Bonchev–Trinajstić information content (AvgIpc) is 2.84. The van der Waals surface area contributed by atoms with Gasteiger partial charge in [-0.3, -0.25) is 4.68 Å². The van der Waals surface area contributed by atoms with Crippen LogP contribution >= 0.6 is 11.6 Å². The van der Waals surface area contributed by atoms with Crippen molar-refractivity contribution in [1.82, 2.24) is 15.1 Å². The molecule has 3 nitrogen and oxygen atoms in total. The van der Waals surface area contributed by atoms with Gasteiger partial charge < -0.3 is 5.32 Å². The third-order valence-corrected chi connectivity index (χ3v) is 3.82. The van der Waals surface area contributed by atoms with E-state index in [2.05, 4.69) is 35.9 Å². The molecule has 2 rings (SSSR count). The standard InChI is InChI=1S/C12H20ClN3/c1-4-12(6-5-7-14-12)11-10(13)8-15-16(11)9(2)3/h8-9,14H,4-7H2,1-3H3. The molecule has 1 saturated heterocycles. The van der Waals surface area contributed by atoms with Crippen molar-refractivity contribution in [2.45, 2.75) is 51.6 Å². The maximum atomic E-state index is 6.31. The van der Waals surface area contributed by atoms with E-state index in [4.69, 9.17) is 11.6 Å².